The van der Waals surface area contributed by atoms with E-state index < -0.39 is 23.5 Å². The van der Waals surface area contributed by atoms with Crippen LogP contribution >= 0.6 is 43.2 Å². The lowest BCUT2D eigenvalue weighted by Gasteiger charge is -2.25. The lowest BCUT2D eigenvalue weighted by molar-refractivity contribution is -0.143. The van der Waals surface area contributed by atoms with Crippen LogP contribution in [-0.4, -0.2) is 43.4 Å². The minimum Gasteiger partial charge on any atom is -0.490 e. The lowest BCUT2D eigenvalue weighted by Crippen LogP contribution is -2.40. The number of halogens is 3. The third-order valence-corrected chi connectivity index (χ3v) is 9.32. The van der Waals surface area contributed by atoms with Crippen LogP contribution < -0.4 is 29.1 Å². The molecule has 14 heteroatoms. The second-order valence-corrected chi connectivity index (χ2v) is 13.3. The summed E-state index contributed by atoms with van der Waals surface area (Å²) in [6.07, 6.45) is 1.70. The van der Waals surface area contributed by atoms with Gasteiger partial charge in [0.1, 0.15) is 18.2 Å². The fourth-order valence-electron chi connectivity index (χ4n) is 5.10. The molecule has 256 valence electrons. The van der Waals surface area contributed by atoms with Gasteiger partial charge in [-0.1, -0.05) is 45.5 Å². The van der Waals surface area contributed by atoms with Gasteiger partial charge < -0.3 is 23.7 Å². The van der Waals surface area contributed by atoms with E-state index in [1.807, 2.05) is 12.1 Å². The number of benzene rings is 3. The van der Waals surface area contributed by atoms with Crippen LogP contribution in [0.5, 0.6) is 17.2 Å². The number of fused-ring (bicyclic) bond motifs is 1. The van der Waals surface area contributed by atoms with Crippen LogP contribution in [0.4, 0.5) is 4.39 Å². The van der Waals surface area contributed by atoms with Crippen molar-refractivity contribution in [2.45, 2.75) is 33.4 Å². The van der Waals surface area contributed by atoms with Gasteiger partial charge in [-0.3, -0.25) is 9.36 Å². The van der Waals surface area contributed by atoms with Crippen molar-refractivity contribution in [3.8, 4) is 17.2 Å². The highest BCUT2D eigenvalue weighted by atomic mass is 79.9. The van der Waals surface area contributed by atoms with Gasteiger partial charge >= 0.3 is 11.9 Å². The quantitative estimate of drug-likeness (QED) is 0.160. The minimum atomic E-state index is -0.922. The number of hydrogen-bond donors (Lipinski definition) is 0. The fraction of sp³-hybridized carbons (Fsp3) is 0.257. The zero-order valence-electron chi connectivity index (χ0n) is 26.9. The number of thiazole rings is 1. The maximum absolute atomic E-state index is 14.3. The van der Waals surface area contributed by atoms with Crippen LogP contribution in [-0.2, 0) is 25.7 Å². The predicted octanol–water partition coefficient (Wildman–Crippen LogP) is 5.99. The Morgan fingerprint density at radius 2 is 1.76 bits per heavy atom. The topological polar surface area (TPSA) is 115 Å². The Hall–Kier alpha value is -4.27. The van der Waals surface area contributed by atoms with E-state index in [9.17, 15) is 18.8 Å². The summed E-state index contributed by atoms with van der Waals surface area (Å²) in [6.45, 7) is 5.42. The van der Waals surface area contributed by atoms with E-state index in [1.54, 1.807) is 57.2 Å². The average Bonchev–Trinajstić information content (AvgIpc) is 3.37. The number of methoxy groups -OCH3 is 1. The molecule has 0 saturated heterocycles. The van der Waals surface area contributed by atoms with E-state index in [1.165, 1.54) is 23.8 Å². The standard InChI is InChI=1S/C35H31Br2FN2O8S/c1-5-45-27-14-21(9-12-26(27)47-18-29(41)44-4)31-30(34(43)46-6-2)19(3)39-35-40(31)33(42)28(49-35)15-22-13-23(36)16-25(37)32(22)48-17-20-7-10-24(38)11-8-20/h7-16,31H,5-6,17-18H2,1-4H3/b28-15+/t31-/m1/s1. The summed E-state index contributed by atoms with van der Waals surface area (Å²) in [5.74, 6) is -0.452. The first-order chi connectivity index (χ1) is 23.5. The van der Waals surface area contributed by atoms with Gasteiger partial charge in [0, 0.05) is 10.0 Å². The van der Waals surface area contributed by atoms with E-state index in [4.69, 9.17) is 18.9 Å². The first kappa shape index (κ1) is 36.0. The summed E-state index contributed by atoms with van der Waals surface area (Å²) in [6, 6.07) is 13.7. The number of carbonyl (C=O) groups is 2. The van der Waals surface area contributed by atoms with Gasteiger partial charge in [-0.15, -0.1) is 0 Å². The van der Waals surface area contributed by atoms with Crippen molar-refractivity contribution in [3.63, 3.8) is 0 Å². The van der Waals surface area contributed by atoms with Crippen molar-refractivity contribution in [3.05, 3.63) is 117 Å². The summed E-state index contributed by atoms with van der Waals surface area (Å²) in [5.41, 5.74) is 2.09. The minimum absolute atomic E-state index is 0.121. The molecule has 2 heterocycles. The van der Waals surface area contributed by atoms with Crippen LogP contribution in [0.1, 0.15) is 43.5 Å². The summed E-state index contributed by atoms with van der Waals surface area (Å²) < 4.78 is 44.4. The molecule has 4 aromatic rings. The molecule has 0 saturated carbocycles. The number of aromatic nitrogens is 1. The van der Waals surface area contributed by atoms with Crippen molar-refractivity contribution < 1.29 is 37.7 Å². The van der Waals surface area contributed by atoms with Crippen LogP contribution in [0, 0.1) is 5.82 Å². The summed E-state index contributed by atoms with van der Waals surface area (Å²) in [4.78, 5) is 44.5. The number of ether oxygens (including phenoxy) is 5. The van der Waals surface area contributed by atoms with E-state index >= 15 is 0 Å². The third kappa shape index (κ3) is 8.14. The Morgan fingerprint density at radius 3 is 2.45 bits per heavy atom. The zero-order valence-corrected chi connectivity index (χ0v) is 30.9. The first-order valence-corrected chi connectivity index (χ1v) is 17.5. The average molecular weight is 819 g/mol. The molecule has 0 N–H and O–H groups in total. The van der Waals surface area contributed by atoms with Gasteiger partial charge in [0.15, 0.2) is 22.9 Å². The molecule has 3 aromatic carbocycles. The molecule has 0 radical (unpaired) electrons. The Balaban J connectivity index is 1.64. The van der Waals surface area contributed by atoms with Crippen molar-refractivity contribution in [1.82, 2.24) is 4.57 Å². The summed E-state index contributed by atoms with van der Waals surface area (Å²) in [7, 11) is 1.26. The van der Waals surface area contributed by atoms with Gasteiger partial charge in [0.2, 0.25) is 0 Å². The zero-order chi connectivity index (χ0) is 35.2. The number of rotatable bonds is 12. The van der Waals surface area contributed by atoms with E-state index in [0.717, 1.165) is 21.4 Å². The van der Waals surface area contributed by atoms with Crippen molar-refractivity contribution in [1.29, 1.82) is 0 Å². The second-order valence-electron chi connectivity index (χ2n) is 10.5. The van der Waals surface area contributed by atoms with E-state index in [2.05, 4.69) is 41.6 Å². The molecule has 49 heavy (non-hydrogen) atoms. The van der Waals surface area contributed by atoms with Crippen LogP contribution in [0.15, 0.2) is 84.6 Å². The van der Waals surface area contributed by atoms with Gasteiger partial charge in [-0.05, 0) is 90.3 Å². The molecule has 0 amide bonds. The number of carbonyl (C=O) groups excluding carboxylic acids is 2. The molecule has 0 spiro atoms. The number of nitrogens with zero attached hydrogens (tertiary/aromatic N) is 2. The number of esters is 2. The largest absolute Gasteiger partial charge is 0.490 e. The van der Waals surface area contributed by atoms with Gasteiger partial charge in [0.05, 0.1) is 46.6 Å². The highest BCUT2D eigenvalue weighted by Gasteiger charge is 2.34. The molecule has 0 unspecified atom stereocenters. The molecule has 10 nitrogen and oxygen atoms in total. The van der Waals surface area contributed by atoms with Crippen molar-refractivity contribution >= 4 is 61.2 Å². The molecule has 5 rings (SSSR count). The molecular formula is C35H31Br2FN2O8S. The lowest BCUT2D eigenvalue weighted by atomic mass is 9.95. The smallest absolute Gasteiger partial charge is 0.343 e. The Labute approximate surface area is 301 Å². The van der Waals surface area contributed by atoms with E-state index in [0.29, 0.717) is 42.1 Å². The summed E-state index contributed by atoms with van der Waals surface area (Å²) in [5, 5.41) is 0. The maximum Gasteiger partial charge on any atom is 0.343 e. The Bertz CT molecular complexity index is 2110. The molecule has 0 aliphatic carbocycles. The van der Waals surface area contributed by atoms with Crippen LogP contribution in [0.25, 0.3) is 6.08 Å². The molecule has 1 aliphatic rings. The highest BCUT2D eigenvalue weighted by molar-refractivity contribution is 9.11. The number of allylic oxidation sites excluding steroid dienone is 1. The van der Waals surface area contributed by atoms with Gasteiger partial charge in [-0.25, -0.2) is 19.0 Å². The third-order valence-electron chi connectivity index (χ3n) is 7.29. The monoisotopic (exact) mass is 816 g/mol. The van der Waals surface area contributed by atoms with Gasteiger partial charge in [-0.2, -0.15) is 0 Å². The van der Waals surface area contributed by atoms with Crippen LogP contribution in [0.2, 0.25) is 0 Å². The predicted molar refractivity (Wildman–Crippen MR) is 188 cm³/mol. The van der Waals surface area contributed by atoms with E-state index in [-0.39, 0.29) is 43.6 Å². The molecule has 1 aromatic heterocycles. The van der Waals surface area contributed by atoms with Crippen LogP contribution in [0.3, 0.4) is 0 Å². The molecular weight excluding hydrogens is 787 g/mol. The maximum atomic E-state index is 14.3. The molecule has 1 atom stereocenters. The first-order valence-electron chi connectivity index (χ1n) is 15.1. The second kappa shape index (κ2) is 16.0. The molecule has 1 aliphatic heterocycles. The highest BCUT2D eigenvalue weighted by Crippen LogP contribution is 2.37. The normalized spacial score (nSPS) is 14.2. The molecule has 0 fully saturated rings. The Kier molecular flexibility index (Phi) is 11.7. The van der Waals surface area contributed by atoms with Gasteiger partial charge in [0.25, 0.3) is 5.56 Å². The summed E-state index contributed by atoms with van der Waals surface area (Å²) >= 11 is 8.25. The van der Waals surface area contributed by atoms with Crippen molar-refractivity contribution in [2.75, 3.05) is 26.9 Å². The van der Waals surface area contributed by atoms with Crippen molar-refractivity contribution in [2.24, 2.45) is 4.99 Å². The number of hydrogen-bond acceptors (Lipinski definition) is 10. The Morgan fingerprint density at radius 1 is 1.00 bits per heavy atom. The molecule has 0 bridgehead atoms. The fourth-order valence-corrected chi connectivity index (χ4v) is 7.51. The SMILES string of the molecule is CCOC(=O)C1=C(C)N=c2s/c(=C/c3cc(Br)cc(Br)c3OCc3ccc(F)cc3)c(=O)n2[C@@H]1c1ccc(OCC(=O)OC)c(OCC)c1.